The van der Waals surface area contributed by atoms with Gasteiger partial charge in [0.2, 0.25) is 5.91 Å². The number of hydrogen-bond acceptors (Lipinski definition) is 6. The second kappa shape index (κ2) is 14.5. The molecule has 3 aromatic rings. The number of rotatable bonds is 10. The van der Waals surface area contributed by atoms with Crippen molar-refractivity contribution in [2.45, 2.75) is 25.5 Å². The summed E-state index contributed by atoms with van der Waals surface area (Å²) in [7, 11) is 1.34. The first kappa shape index (κ1) is 28.4. The van der Waals surface area contributed by atoms with E-state index in [9.17, 15) is 14.4 Å². The smallest absolute Gasteiger partial charge is 0.407 e. The largest absolute Gasteiger partial charge is 0.465 e. The Balaban J connectivity index is 0.00000456. The first-order valence-electron chi connectivity index (χ1n) is 11.3. The number of anilines is 1. The molecule has 4 N–H and O–H groups in total. The first-order chi connectivity index (χ1) is 17.0. The molecule has 0 bridgehead atoms. The monoisotopic (exact) mass is 511 g/mol. The highest BCUT2D eigenvalue weighted by atomic mass is 35.5. The van der Waals surface area contributed by atoms with Gasteiger partial charge in [-0.15, -0.1) is 12.4 Å². The zero-order valence-corrected chi connectivity index (χ0v) is 20.8. The van der Waals surface area contributed by atoms with Crippen LogP contribution in [0.5, 0.6) is 0 Å². The van der Waals surface area contributed by atoms with E-state index in [-0.39, 0.29) is 24.9 Å². The summed E-state index contributed by atoms with van der Waals surface area (Å²) in [5, 5.41) is 5.45. The molecule has 2 amide bonds. The molecular weight excluding hydrogens is 482 g/mol. The number of alkyl carbamates (subject to hydrolysis) is 1. The highest BCUT2D eigenvalue weighted by molar-refractivity contribution is 5.95. The third-order valence-corrected chi connectivity index (χ3v) is 5.28. The van der Waals surface area contributed by atoms with Crippen molar-refractivity contribution < 1.29 is 23.9 Å². The van der Waals surface area contributed by atoms with Gasteiger partial charge in [-0.3, -0.25) is 4.79 Å². The van der Waals surface area contributed by atoms with Crippen LogP contribution in [0.4, 0.5) is 10.5 Å². The normalized spacial score (nSPS) is 10.9. The minimum Gasteiger partial charge on any atom is -0.465 e. The Morgan fingerprint density at radius 3 is 2.33 bits per heavy atom. The van der Waals surface area contributed by atoms with Gasteiger partial charge >= 0.3 is 12.1 Å². The molecule has 36 heavy (non-hydrogen) atoms. The molecule has 0 spiro atoms. The lowest BCUT2D eigenvalue weighted by Gasteiger charge is -2.13. The highest BCUT2D eigenvalue weighted by Crippen LogP contribution is 2.23. The maximum absolute atomic E-state index is 12.4. The van der Waals surface area contributed by atoms with Gasteiger partial charge in [-0.05, 0) is 53.8 Å². The van der Waals surface area contributed by atoms with Gasteiger partial charge in [-0.1, -0.05) is 54.6 Å². The van der Waals surface area contributed by atoms with Gasteiger partial charge in [0.1, 0.15) is 6.61 Å². The predicted molar refractivity (Wildman–Crippen MR) is 141 cm³/mol. The van der Waals surface area contributed by atoms with Crippen molar-refractivity contribution in [3.63, 3.8) is 0 Å². The summed E-state index contributed by atoms with van der Waals surface area (Å²) in [6.45, 7) is 0.554. The quantitative estimate of drug-likeness (QED) is 0.271. The number of carbonyl (C=O) groups excluding carboxylic acids is 3. The summed E-state index contributed by atoms with van der Waals surface area (Å²) in [5.74, 6) is -0.707. The van der Waals surface area contributed by atoms with E-state index in [1.54, 1.807) is 30.3 Å². The molecule has 0 aliphatic heterocycles. The second-order valence-corrected chi connectivity index (χ2v) is 7.88. The summed E-state index contributed by atoms with van der Waals surface area (Å²) in [6, 6.07) is 23.0. The van der Waals surface area contributed by atoms with Crippen molar-refractivity contribution in [2.75, 3.05) is 19.0 Å². The van der Waals surface area contributed by atoms with Crippen LogP contribution in [0.1, 0.15) is 28.8 Å². The van der Waals surface area contributed by atoms with Crippen LogP contribution in [0.15, 0.2) is 78.9 Å². The molecule has 1 atom stereocenters. The van der Waals surface area contributed by atoms with Crippen molar-refractivity contribution in [1.29, 1.82) is 0 Å². The lowest BCUT2D eigenvalue weighted by atomic mass is 10.0. The number of hydrogen-bond donors (Lipinski definition) is 3. The van der Waals surface area contributed by atoms with Gasteiger partial charge in [0.05, 0.1) is 18.7 Å². The number of esters is 1. The van der Waals surface area contributed by atoms with Gasteiger partial charge in [-0.25, -0.2) is 9.59 Å². The van der Waals surface area contributed by atoms with Crippen LogP contribution in [0.3, 0.4) is 0 Å². The molecule has 0 radical (unpaired) electrons. The third kappa shape index (κ3) is 8.72. The molecule has 3 rings (SSSR count). The van der Waals surface area contributed by atoms with Crippen molar-refractivity contribution in [1.82, 2.24) is 5.32 Å². The maximum Gasteiger partial charge on any atom is 0.407 e. The van der Waals surface area contributed by atoms with Gasteiger partial charge in [0, 0.05) is 12.2 Å². The molecule has 0 aromatic heterocycles. The minimum atomic E-state index is -0.714. The van der Waals surface area contributed by atoms with Crippen LogP contribution in [0, 0.1) is 0 Å². The fourth-order valence-corrected chi connectivity index (χ4v) is 3.34. The van der Waals surface area contributed by atoms with Gasteiger partial charge in [0.15, 0.2) is 0 Å². The van der Waals surface area contributed by atoms with E-state index in [1.165, 1.54) is 7.11 Å². The topological polar surface area (TPSA) is 120 Å². The lowest BCUT2D eigenvalue weighted by Crippen LogP contribution is -2.36. The summed E-state index contributed by atoms with van der Waals surface area (Å²) >= 11 is 0. The average Bonchev–Trinajstić information content (AvgIpc) is 2.90. The van der Waals surface area contributed by atoms with Gasteiger partial charge in [-0.2, -0.15) is 0 Å². The average molecular weight is 512 g/mol. The molecule has 0 unspecified atom stereocenters. The standard InChI is InChI=1S/C27H29N3O5.ClH/c1-34-26(32)22-10-5-9-21(17-22)20-12-14-23(15-13-20)30-25(31)24(28)11-6-16-29-27(33)35-18-19-7-3-2-4-8-19;/h2-5,7-10,12-15,17,24H,6,11,16,18,28H2,1H3,(H,29,33)(H,30,31);1H/t24-;/m0./s1. The van der Waals surface area contributed by atoms with Crippen molar-refractivity contribution >= 4 is 36.1 Å². The van der Waals surface area contributed by atoms with E-state index in [1.807, 2.05) is 48.5 Å². The van der Waals surface area contributed by atoms with E-state index in [0.29, 0.717) is 30.6 Å². The van der Waals surface area contributed by atoms with Gasteiger partial charge in [0.25, 0.3) is 0 Å². The molecule has 0 heterocycles. The number of amides is 2. The Morgan fingerprint density at radius 2 is 1.64 bits per heavy atom. The fourth-order valence-electron chi connectivity index (χ4n) is 3.34. The Labute approximate surface area is 216 Å². The van der Waals surface area contributed by atoms with Crippen LogP contribution >= 0.6 is 12.4 Å². The van der Waals surface area contributed by atoms with Crippen LogP contribution < -0.4 is 16.4 Å². The number of nitrogens with two attached hydrogens (primary N) is 1. The summed E-state index contributed by atoms with van der Waals surface area (Å²) in [5.41, 5.74) is 9.73. The van der Waals surface area contributed by atoms with E-state index in [4.69, 9.17) is 15.2 Å². The zero-order chi connectivity index (χ0) is 25.0. The molecule has 0 saturated carbocycles. The third-order valence-electron chi connectivity index (χ3n) is 5.28. The molecule has 0 aliphatic rings. The van der Waals surface area contributed by atoms with Crippen LogP contribution in [-0.4, -0.2) is 37.7 Å². The first-order valence-corrected chi connectivity index (χ1v) is 11.3. The van der Waals surface area contributed by atoms with Crippen LogP contribution in [0.25, 0.3) is 11.1 Å². The van der Waals surface area contributed by atoms with Crippen molar-refractivity contribution in [3.05, 3.63) is 90.0 Å². The molecule has 190 valence electrons. The Bertz CT molecular complexity index is 1140. The number of methoxy groups -OCH3 is 1. The summed E-state index contributed by atoms with van der Waals surface area (Å²) in [6.07, 6.45) is 0.428. The predicted octanol–water partition coefficient (Wildman–Crippen LogP) is 4.53. The number of nitrogens with one attached hydrogen (secondary N) is 2. The van der Waals surface area contributed by atoms with Crippen molar-refractivity contribution in [2.24, 2.45) is 5.73 Å². The number of halogens is 1. The fraction of sp³-hybridized carbons (Fsp3) is 0.222. The van der Waals surface area contributed by atoms with E-state index < -0.39 is 18.1 Å². The molecular formula is C27H30ClN3O5. The Hall–Kier alpha value is -3.88. The summed E-state index contributed by atoms with van der Waals surface area (Å²) in [4.78, 5) is 35.9. The SMILES string of the molecule is COC(=O)c1cccc(-c2ccc(NC(=O)[C@@H](N)CCCNC(=O)OCc3ccccc3)cc2)c1.Cl. The Morgan fingerprint density at radius 1 is 0.917 bits per heavy atom. The van der Waals surface area contributed by atoms with Crippen LogP contribution in [-0.2, 0) is 20.9 Å². The minimum absolute atomic E-state index is 0. The molecule has 0 saturated heterocycles. The van der Waals surface area contributed by atoms with Crippen molar-refractivity contribution in [3.8, 4) is 11.1 Å². The maximum atomic E-state index is 12.4. The number of ether oxygens (including phenoxy) is 2. The van der Waals surface area contributed by atoms with Gasteiger partial charge < -0.3 is 25.8 Å². The van der Waals surface area contributed by atoms with E-state index in [0.717, 1.165) is 16.7 Å². The molecule has 8 nitrogen and oxygen atoms in total. The highest BCUT2D eigenvalue weighted by Gasteiger charge is 2.14. The number of benzene rings is 3. The van der Waals surface area contributed by atoms with E-state index in [2.05, 4.69) is 10.6 Å². The zero-order valence-electron chi connectivity index (χ0n) is 19.9. The van der Waals surface area contributed by atoms with E-state index >= 15 is 0 Å². The Kier molecular flexibility index (Phi) is 11.4. The molecule has 0 aliphatic carbocycles. The molecule has 9 heteroatoms. The second-order valence-electron chi connectivity index (χ2n) is 7.88. The summed E-state index contributed by atoms with van der Waals surface area (Å²) < 4.78 is 9.91. The molecule has 3 aromatic carbocycles. The lowest BCUT2D eigenvalue weighted by molar-refractivity contribution is -0.117. The molecule has 0 fully saturated rings. The number of carbonyl (C=O) groups is 3. The van der Waals surface area contributed by atoms with Crippen LogP contribution in [0.2, 0.25) is 0 Å².